The molecular weight excluding hydrogens is 390 g/mol. The molecule has 0 aliphatic carbocycles. The normalized spacial score (nSPS) is 11.7. The third kappa shape index (κ3) is 6.54. The second-order valence-electron chi connectivity index (χ2n) is 7.74. The van der Waals surface area contributed by atoms with Gasteiger partial charge in [0.05, 0.1) is 6.20 Å². The summed E-state index contributed by atoms with van der Waals surface area (Å²) in [6.07, 6.45) is 3.27. The number of hydrogen-bond acceptors (Lipinski definition) is 4. The number of nitrogens with one attached hydrogen (secondary N) is 2. The van der Waals surface area contributed by atoms with Crippen LogP contribution in [0.4, 0.5) is 0 Å². The summed E-state index contributed by atoms with van der Waals surface area (Å²) in [5.74, 6) is 1.04. The van der Waals surface area contributed by atoms with E-state index in [1.807, 2.05) is 57.2 Å². The van der Waals surface area contributed by atoms with E-state index >= 15 is 0 Å². The molecule has 3 rings (SSSR count). The van der Waals surface area contributed by atoms with Crippen molar-refractivity contribution in [2.75, 3.05) is 0 Å². The molecule has 0 radical (unpaired) electrons. The Hall–Kier alpha value is -3.41. The van der Waals surface area contributed by atoms with Gasteiger partial charge in [-0.15, -0.1) is 0 Å². The first-order valence-corrected chi connectivity index (χ1v) is 10.6. The fraction of sp³-hybridized carbons (Fsp3) is 0.320. The Balaban J connectivity index is 1.48. The lowest BCUT2D eigenvalue weighted by Gasteiger charge is -2.12. The molecule has 162 valence electrons. The predicted molar refractivity (Wildman–Crippen MR) is 121 cm³/mol. The van der Waals surface area contributed by atoms with E-state index in [9.17, 15) is 9.59 Å². The standard InChI is InChI=1S/C25H29N3O3/c1-4-18(3)28-25(30)21-7-5-6-19(14-21)15-26-23(29)12-13-24-27-16-22(31-24)20-10-8-17(2)9-11-20/h5-11,14,16,18H,4,12-13,15H2,1-3H3,(H,26,29)(H,28,30). The van der Waals surface area contributed by atoms with Crippen molar-refractivity contribution in [2.45, 2.75) is 52.6 Å². The largest absolute Gasteiger partial charge is 0.441 e. The van der Waals surface area contributed by atoms with Crippen LogP contribution in [0.25, 0.3) is 11.3 Å². The summed E-state index contributed by atoms with van der Waals surface area (Å²) in [6, 6.07) is 15.4. The van der Waals surface area contributed by atoms with Crippen LogP contribution >= 0.6 is 0 Å². The van der Waals surface area contributed by atoms with Gasteiger partial charge in [-0.05, 0) is 38.0 Å². The third-order valence-corrected chi connectivity index (χ3v) is 5.12. The van der Waals surface area contributed by atoms with Gasteiger partial charge >= 0.3 is 0 Å². The van der Waals surface area contributed by atoms with Crippen molar-refractivity contribution in [3.8, 4) is 11.3 Å². The van der Waals surface area contributed by atoms with Crippen molar-refractivity contribution in [3.05, 3.63) is 77.3 Å². The first-order chi connectivity index (χ1) is 14.9. The van der Waals surface area contributed by atoms with Crippen LogP contribution in [0.1, 0.15) is 54.1 Å². The van der Waals surface area contributed by atoms with Crippen molar-refractivity contribution >= 4 is 11.8 Å². The van der Waals surface area contributed by atoms with E-state index in [1.165, 1.54) is 5.56 Å². The summed E-state index contributed by atoms with van der Waals surface area (Å²) in [4.78, 5) is 28.8. The van der Waals surface area contributed by atoms with Crippen LogP contribution in [0.2, 0.25) is 0 Å². The maximum atomic E-state index is 12.3. The van der Waals surface area contributed by atoms with Gasteiger partial charge in [-0.2, -0.15) is 0 Å². The number of benzene rings is 2. The Bertz CT molecular complexity index is 1020. The van der Waals surface area contributed by atoms with E-state index in [4.69, 9.17) is 4.42 Å². The molecule has 2 amide bonds. The van der Waals surface area contributed by atoms with Gasteiger partial charge in [0.2, 0.25) is 5.91 Å². The molecule has 6 nitrogen and oxygen atoms in total. The van der Waals surface area contributed by atoms with Crippen LogP contribution in [0.5, 0.6) is 0 Å². The Labute approximate surface area is 183 Å². The summed E-state index contributed by atoms with van der Waals surface area (Å²) >= 11 is 0. The van der Waals surface area contributed by atoms with Gasteiger partial charge in [0.15, 0.2) is 11.7 Å². The molecule has 1 unspecified atom stereocenters. The van der Waals surface area contributed by atoms with Crippen molar-refractivity contribution in [1.82, 2.24) is 15.6 Å². The highest BCUT2D eigenvalue weighted by Crippen LogP contribution is 2.21. The zero-order valence-electron chi connectivity index (χ0n) is 18.3. The fourth-order valence-corrected chi connectivity index (χ4v) is 3.02. The molecule has 0 aliphatic heterocycles. The fourth-order valence-electron chi connectivity index (χ4n) is 3.02. The summed E-state index contributed by atoms with van der Waals surface area (Å²) in [5.41, 5.74) is 3.62. The maximum absolute atomic E-state index is 12.3. The number of aromatic nitrogens is 1. The second kappa shape index (κ2) is 10.6. The van der Waals surface area contributed by atoms with Gasteiger partial charge < -0.3 is 15.1 Å². The number of amides is 2. The predicted octanol–water partition coefficient (Wildman–Crippen LogP) is 4.43. The lowest BCUT2D eigenvalue weighted by molar-refractivity contribution is -0.121. The topological polar surface area (TPSA) is 84.2 Å². The molecule has 1 aromatic heterocycles. The van der Waals surface area contributed by atoms with E-state index in [0.29, 0.717) is 30.2 Å². The lowest BCUT2D eigenvalue weighted by atomic mass is 10.1. The first kappa shape index (κ1) is 22.3. The second-order valence-corrected chi connectivity index (χ2v) is 7.74. The van der Waals surface area contributed by atoms with Gasteiger partial charge in [-0.25, -0.2) is 4.98 Å². The minimum atomic E-state index is -0.101. The molecule has 31 heavy (non-hydrogen) atoms. The molecule has 0 spiro atoms. The summed E-state index contributed by atoms with van der Waals surface area (Å²) in [6.45, 7) is 6.40. The molecule has 0 saturated heterocycles. The van der Waals surface area contributed by atoms with E-state index in [1.54, 1.807) is 18.3 Å². The number of carbonyl (C=O) groups is 2. The Morgan fingerprint density at radius 2 is 1.90 bits per heavy atom. The van der Waals surface area contributed by atoms with Crippen LogP contribution in [-0.2, 0) is 17.8 Å². The van der Waals surface area contributed by atoms with Gasteiger partial charge in [0, 0.05) is 36.6 Å². The monoisotopic (exact) mass is 419 g/mol. The average Bonchev–Trinajstić information content (AvgIpc) is 3.26. The molecule has 0 saturated carbocycles. The van der Waals surface area contributed by atoms with Crippen molar-refractivity contribution < 1.29 is 14.0 Å². The van der Waals surface area contributed by atoms with Crippen LogP contribution in [0, 0.1) is 6.92 Å². The highest BCUT2D eigenvalue weighted by atomic mass is 16.4. The first-order valence-electron chi connectivity index (χ1n) is 10.6. The minimum absolute atomic E-state index is 0.0930. The van der Waals surface area contributed by atoms with Crippen LogP contribution in [0.15, 0.2) is 59.1 Å². The number of aryl methyl sites for hydroxylation is 2. The molecule has 1 heterocycles. The Kier molecular flexibility index (Phi) is 7.60. The molecule has 0 fully saturated rings. The van der Waals surface area contributed by atoms with Crippen LogP contribution in [0.3, 0.4) is 0 Å². The van der Waals surface area contributed by atoms with Gasteiger partial charge in [0.1, 0.15) is 0 Å². The Morgan fingerprint density at radius 3 is 2.65 bits per heavy atom. The molecule has 1 atom stereocenters. The van der Waals surface area contributed by atoms with E-state index < -0.39 is 0 Å². The maximum Gasteiger partial charge on any atom is 0.251 e. The number of rotatable bonds is 9. The molecule has 6 heteroatoms. The molecule has 0 bridgehead atoms. The number of hydrogen-bond donors (Lipinski definition) is 2. The van der Waals surface area contributed by atoms with Gasteiger partial charge in [-0.1, -0.05) is 48.9 Å². The molecular formula is C25H29N3O3. The summed E-state index contributed by atoms with van der Waals surface area (Å²) < 4.78 is 5.77. The number of oxazole rings is 1. The molecule has 0 aliphatic rings. The van der Waals surface area contributed by atoms with Crippen molar-refractivity contribution in [3.63, 3.8) is 0 Å². The van der Waals surface area contributed by atoms with Crippen LogP contribution in [-0.4, -0.2) is 22.8 Å². The van der Waals surface area contributed by atoms with Crippen molar-refractivity contribution in [1.29, 1.82) is 0 Å². The highest BCUT2D eigenvalue weighted by Gasteiger charge is 2.11. The lowest BCUT2D eigenvalue weighted by Crippen LogP contribution is -2.32. The average molecular weight is 420 g/mol. The zero-order valence-corrected chi connectivity index (χ0v) is 18.3. The molecule has 2 N–H and O–H groups in total. The third-order valence-electron chi connectivity index (χ3n) is 5.12. The van der Waals surface area contributed by atoms with Gasteiger partial charge in [0.25, 0.3) is 5.91 Å². The quantitative estimate of drug-likeness (QED) is 0.537. The summed E-state index contributed by atoms with van der Waals surface area (Å²) in [5, 5.41) is 5.84. The molecule has 3 aromatic rings. The molecule has 2 aromatic carbocycles. The summed E-state index contributed by atoms with van der Waals surface area (Å²) in [7, 11) is 0. The number of nitrogens with zero attached hydrogens (tertiary/aromatic N) is 1. The van der Waals surface area contributed by atoms with E-state index in [2.05, 4.69) is 15.6 Å². The highest BCUT2D eigenvalue weighted by molar-refractivity contribution is 5.94. The van der Waals surface area contributed by atoms with Crippen molar-refractivity contribution in [2.24, 2.45) is 0 Å². The zero-order chi connectivity index (χ0) is 22.2. The van der Waals surface area contributed by atoms with E-state index in [-0.39, 0.29) is 24.3 Å². The van der Waals surface area contributed by atoms with Gasteiger partial charge in [-0.3, -0.25) is 9.59 Å². The minimum Gasteiger partial charge on any atom is -0.441 e. The van der Waals surface area contributed by atoms with Crippen LogP contribution < -0.4 is 10.6 Å². The smallest absolute Gasteiger partial charge is 0.251 e. The SMILES string of the molecule is CCC(C)NC(=O)c1cccc(CNC(=O)CCc2ncc(-c3ccc(C)cc3)o2)c1. The van der Waals surface area contributed by atoms with E-state index in [0.717, 1.165) is 17.5 Å². The Morgan fingerprint density at radius 1 is 1.13 bits per heavy atom. The number of carbonyl (C=O) groups excluding carboxylic acids is 2.